The minimum atomic E-state index is -3.90. The summed E-state index contributed by atoms with van der Waals surface area (Å²) in [5, 5.41) is 1.23. The summed E-state index contributed by atoms with van der Waals surface area (Å²) in [6.45, 7) is 0.315. The highest BCUT2D eigenvalue weighted by Gasteiger charge is 2.32. The van der Waals surface area contributed by atoms with Gasteiger partial charge in [-0.2, -0.15) is 0 Å². The molecule has 0 bridgehead atoms. The Morgan fingerprint density at radius 3 is 2.60 bits per heavy atom. The SMILES string of the molecule is O=c1[nH]ccc2c(S(=O)(=O)N3CCc4ccc(Cl)cc43)cc(Cl)cc12. The number of aromatic amines is 1. The van der Waals surface area contributed by atoms with Gasteiger partial charge in [-0.05, 0) is 42.3 Å². The highest BCUT2D eigenvalue weighted by Crippen LogP contribution is 2.37. The number of benzene rings is 2. The Morgan fingerprint density at radius 1 is 1.00 bits per heavy atom. The second-order valence-corrected chi connectivity index (χ2v) is 8.48. The van der Waals surface area contributed by atoms with E-state index < -0.39 is 10.0 Å². The molecule has 0 amide bonds. The van der Waals surface area contributed by atoms with E-state index in [0.717, 1.165) is 5.56 Å². The topological polar surface area (TPSA) is 70.2 Å². The largest absolute Gasteiger partial charge is 0.329 e. The molecule has 0 atom stereocenters. The molecule has 5 nitrogen and oxygen atoms in total. The van der Waals surface area contributed by atoms with Crippen molar-refractivity contribution in [3.8, 4) is 0 Å². The van der Waals surface area contributed by atoms with Crippen LogP contribution in [0, 0.1) is 0 Å². The molecule has 3 aromatic rings. The van der Waals surface area contributed by atoms with Gasteiger partial charge in [-0.15, -0.1) is 0 Å². The summed E-state index contributed by atoms with van der Waals surface area (Å²) in [5.41, 5.74) is 1.09. The minimum Gasteiger partial charge on any atom is -0.329 e. The van der Waals surface area contributed by atoms with Crippen LogP contribution in [0.2, 0.25) is 10.0 Å². The Kier molecular flexibility index (Phi) is 3.79. The second kappa shape index (κ2) is 5.76. The highest BCUT2D eigenvalue weighted by atomic mass is 35.5. The molecule has 0 aliphatic carbocycles. The number of H-pyrrole nitrogens is 1. The summed E-state index contributed by atoms with van der Waals surface area (Å²) in [4.78, 5) is 14.6. The van der Waals surface area contributed by atoms with Gasteiger partial charge in [-0.25, -0.2) is 8.42 Å². The van der Waals surface area contributed by atoms with Crippen molar-refractivity contribution in [3.05, 3.63) is 68.6 Å². The van der Waals surface area contributed by atoms with Gasteiger partial charge in [-0.1, -0.05) is 29.3 Å². The molecular weight excluding hydrogens is 383 g/mol. The molecule has 0 saturated heterocycles. The Labute approximate surface area is 153 Å². The van der Waals surface area contributed by atoms with Crippen molar-refractivity contribution in [1.29, 1.82) is 0 Å². The maximum atomic E-state index is 13.3. The Hall–Kier alpha value is -2.02. The maximum absolute atomic E-state index is 13.3. The summed E-state index contributed by atoms with van der Waals surface area (Å²) >= 11 is 12.1. The highest BCUT2D eigenvalue weighted by molar-refractivity contribution is 7.93. The first-order chi connectivity index (χ1) is 11.9. The zero-order valence-corrected chi connectivity index (χ0v) is 15.1. The fourth-order valence-corrected chi connectivity index (χ4v) is 5.32. The first-order valence-electron chi connectivity index (χ1n) is 7.50. The molecule has 2 heterocycles. The quantitative estimate of drug-likeness (QED) is 0.721. The lowest BCUT2D eigenvalue weighted by Gasteiger charge is -2.21. The number of halogens is 2. The van der Waals surface area contributed by atoms with Crippen molar-refractivity contribution in [2.45, 2.75) is 11.3 Å². The van der Waals surface area contributed by atoms with Crippen LogP contribution >= 0.6 is 23.2 Å². The van der Waals surface area contributed by atoms with Gasteiger partial charge in [0.1, 0.15) is 0 Å². The van der Waals surface area contributed by atoms with Gasteiger partial charge in [0.05, 0.1) is 10.6 Å². The van der Waals surface area contributed by atoms with E-state index in [-0.39, 0.29) is 20.9 Å². The van der Waals surface area contributed by atoms with Crippen LogP contribution in [-0.4, -0.2) is 19.9 Å². The van der Waals surface area contributed by atoms with E-state index in [2.05, 4.69) is 4.98 Å². The average molecular weight is 395 g/mol. The number of nitrogens with zero attached hydrogens (tertiary/aromatic N) is 1. The van der Waals surface area contributed by atoms with Crippen molar-refractivity contribution >= 4 is 49.7 Å². The smallest absolute Gasteiger partial charge is 0.265 e. The molecule has 4 rings (SSSR count). The third-order valence-corrected chi connectivity index (χ3v) is 6.59. The van der Waals surface area contributed by atoms with Gasteiger partial charge < -0.3 is 4.98 Å². The van der Waals surface area contributed by atoms with Crippen LogP contribution in [0.5, 0.6) is 0 Å². The number of sulfonamides is 1. The molecule has 0 unspecified atom stereocenters. The van der Waals surface area contributed by atoms with E-state index in [1.165, 1.54) is 22.6 Å². The molecule has 1 aliphatic heterocycles. The molecule has 0 saturated carbocycles. The Balaban J connectivity index is 1.97. The monoisotopic (exact) mass is 394 g/mol. The zero-order valence-electron chi connectivity index (χ0n) is 12.8. The molecular formula is C17H12Cl2N2O3S. The molecule has 0 spiro atoms. The van der Waals surface area contributed by atoms with Crippen LogP contribution in [-0.2, 0) is 16.4 Å². The fraction of sp³-hybridized carbons (Fsp3) is 0.118. The van der Waals surface area contributed by atoms with Crippen LogP contribution in [0.15, 0.2) is 52.3 Å². The average Bonchev–Trinajstić information content (AvgIpc) is 2.98. The second-order valence-electron chi connectivity index (χ2n) is 5.77. The lowest BCUT2D eigenvalue weighted by molar-refractivity contribution is 0.593. The third kappa shape index (κ3) is 2.61. The summed E-state index contributed by atoms with van der Waals surface area (Å²) in [6, 6.07) is 9.61. The van der Waals surface area contributed by atoms with Crippen molar-refractivity contribution in [1.82, 2.24) is 4.98 Å². The van der Waals surface area contributed by atoms with Crippen molar-refractivity contribution in [2.24, 2.45) is 0 Å². The van der Waals surface area contributed by atoms with E-state index in [9.17, 15) is 13.2 Å². The summed E-state index contributed by atoms with van der Waals surface area (Å²) < 4.78 is 27.9. The molecule has 0 fully saturated rings. The van der Waals surface area contributed by atoms with Gasteiger partial charge in [0.15, 0.2) is 0 Å². The Bertz CT molecular complexity index is 1170. The Morgan fingerprint density at radius 2 is 1.80 bits per heavy atom. The molecule has 8 heteroatoms. The lowest BCUT2D eigenvalue weighted by atomic mass is 10.2. The molecule has 1 N–H and O–H groups in total. The van der Waals surface area contributed by atoms with E-state index in [1.807, 2.05) is 6.07 Å². The molecule has 1 aliphatic rings. The van der Waals surface area contributed by atoms with Gasteiger partial charge >= 0.3 is 0 Å². The van der Waals surface area contributed by atoms with E-state index in [4.69, 9.17) is 23.2 Å². The fourth-order valence-electron chi connectivity index (χ4n) is 3.14. The summed E-state index contributed by atoms with van der Waals surface area (Å²) in [5.74, 6) is 0. The number of anilines is 1. The molecule has 1 aromatic heterocycles. The normalized spacial score (nSPS) is 14.1. The number of hydrogen-bond acceptors (Lipinski definition) is 3. The molecule has 0 radical (unpaired) electrons. The van der Waals surface area contributed by atoms with E-state index in [1.54, 1.807) is 18.2 Å². The first-order valence-corrected chi connectivity index (χ1v) is 9.69. The number of fused-ring (bicyclic) bond motifs is 2. The maximum Gasteiger partial charge on any atom is 0.265 e. The van der Waals surface area contributed by atoms with E-state index >= 15 is 0 Å². The van der Waals surface area contributed by atoms with Crippen LogP contribution in [0.1, 0.15) is 5.56 Å². The minimum absolute atomic E-state index is 0.00826. The predicted octanol–water partition coefficient (Wildman–Crippen LogP) is 3.59. The van der Waals surface area contributed by atoms with Gasteiger partial charge in [0.2, 0.25) is 0 Å². The molecule has 25 heavy (non-hydrogen) atoms. The van der Waals surface area contributed by atoms with Crippen molar-refractivity contribution in [3.63, 3.8) is 0 Å². The number of pyridine rings is 1. The number of aromatic nitrogens is 1. The summed E-state index contributed by atoms with van der Waals surface area (Å²) in [7, 11) is -3.90. The van der Waals surface area contributed by atoms with Gasteiger partial charge in [0.25, 0.3) is 15.6 Å². The van der Waals surface area contributed by atoms with Gasteiger partial charge in [-0.3, -0.25) is 9.10 Å². The van der Waals surface area contributed by atoms with Crippen LogP contribution in [0.25, 0.3) is 10.8 Å². The molecule has 128 valence electrons. The summed E-state index contributed by atoms with van der Waals surface area (Å²) in [6.07, 6.45) is 2.03. The lowest BCUT2D eigenvalue weighted by Crippen LogP contribution is -2.29. The van der Waals surface area contributed by atoms with E-state index in [0.29, 0.717) is 29.1 Å². The predicted molar refractivity (Wildman–Crippen MR) is 99.3 cm³/mol. The van der Waals surface area contributed by atoms with Crippen LogP contribution < -0.4 is 9.86 Å². The number of hydrogen-bond donors (Lipinski definition) is 1. The first kappa shape index (κ1) is 16.4. The van der Waals surface area contributed by atoms with Crippen molar-refractivity contribution in [2.75, 3.05) is 10.8 Å². The van der Waals surface area contributed by atoms with Crippen molar-refractivity contribution < 1.29 is 8.42 Å². The molecule has 2 aromatic carbocycles. The van der Waals surface area contributed by atoms with Crippen LogP contribution in [0.4, 0.5) is 5.69 Å². The van der Waals surface area contributed by atoms with Crippen LogP contribution in [0.3, 0.4) is 0 Å². The third-order valence-electron chi connectivity index (χ3n) is 4.28. The standard InChI is InChI=1S/C17H12Cl2N2O3S/c18-11-2-1-10-4-6-21(15(10)8-11)25(23,24)16-9-12(19)7-14-13(16)3-5-20-17(14)22/h1-3,5,7-9H,4,6H2,(H,20,22). The zero-order chi connectivity index (χ0) is 17.8. The number of nitrogens with one attached hydrogen (secondary N) is 1. The van der Waals surface area contributed by atoms with Gasteiger partial charge in [0, 0.05) is 33.6 Å². The number of rotatable bonds is 2.